The van der Waals surface area contributed by atoms with Crippen LogP contribution < -0.4 is 9.47 Å². The van der Waals surface area contributed by atoms with Gasteiger partial charge in [-0.1, -0.05) is 66.2 Å². The number of rotatable bonds is 14. The van der Waals surface area contributed by atoms with E-state index in [1.54, 1.807) is 0 Å². The van der Waals surface area contributed by atoms with E-state index in [9.17, 15) is 9.59 Å². The van der Waals surface area contributed by atoms with Crippen LogP contribution in [0.1, 0.15) is 111 Å². The average Bonchev–Trinajstić information content (AvgIpc) is 2.95. The molecule has 0 amide bonds. The zero-order valence-electron chi connectivity index (χ0n) is 25.3. The molecule has 1 aliphatic rings. The highest BCUT2D eigenvalue weighted by Crippen LogP contribution is 2.41. The van der Waals surface area contributed by atoms with Crippen molar-refractivity contribution in [3.63, 3.8) is 0 Å². The molecule has 3 aromatic carbocycles. The summed E-state index contributed by atoms with van der Waals surface area (Å²) in [6.45, 7) is 14.3. The normalized spacial score (nSPS) is 14.6. The van der Waals surface area contributed by atoms with Gasteiger partial charge in [-0.2, -0.15) is 0 Å². The minimum Gasteiger partial charge on any atom is -0.493 e. The molecule has 0 fully saturated rings. The molecule has 0 bridgehead atoms. The highest BCUT2D eigenvalue weighted by atomic mass is 16.5. The number of benzene rings is 3. The number of ether oxygens (including phenoxy) is 2. The lowest BCUT2D eigenvalue weighted by molar-refractivity contribution is 0.0996. The largest absolute Gasteiger partial charge is 0.493 e. The number of carbonyl (C=O) groups is 2. The van der Waals surface area contributed by atoms with E-state index in [0.717, 1.165) is 69.9 Å². The summed E-state index contributed by atoms with van der Waals surface area (Å²) in [4.78, 5) is 26.4. The molecule has 0 aromatic heterocycles. The van der Waals surface area contributed by atoms with Crippen LogP contribution in [0, 0.1) is 25.7 Å². The van der Waals surface area contributed by atoms with Gasteiger partial charge in [0.05, 0.1) is 13.2 Å². The van der Waals surface area contributed by atoms with Crippen LogP contribution in [0.5, 0.6) is 11.5 Å². The Morgan fingerprint density at radius 1 is 0.600 bits per heavy atom. The van der Waals surface area contributed by atoms with E-state index in [0.29, 0.717) is 36.2 Å². The van der Waals surface area contributed by atoms with Gasteiger partial charge < -0.3 is 9.47 Å². The second-order valence-electron chi connectivity index (χ2n) is 11.6. The van der Waals surface area contributed by atoms with Crippen LogP contribution in [0.4, 0.5) is 0 Å². The van der Waals surface area contributed by atoms with Crippen molar-refractivity contribution in [2.24, 2.45) is 11.8 Å². The van der Waals surface area contributed by atoms with Crippen molar-refractivity contribution in [1.29, 1.82) is 0 Å². The zero-order valence-corrected chi connectivity index (χ0v) is 25.3. The van der Waals surface area contributed by atoms with Crippen LogP contribution in [0.2, 0.25) is 0 Å². The molecule has 0 saturated heterocycles. The zero-order chi connectivity index (χ0) is 28.8. The molecule has 2 unspecified atom stereocenters. The molecule has 2 atom stereocenters. The minimum absolute atomic E-state index is 0.125. The van der Waals surface area contributed by atoms with Crippen molar-refractivity contribution in [2.75, 3.05) is 13.2 Å². The fraction of sp³-hybridized carbons (Fsp3) is 0.500. The number of hydrogen-bond acceptors (Lipinski definition) is 4. The van der Waals surface area contributed by atoms with Crippen LogP contribution >= 0.6 is 0 Å². The Morgan fingerprint density at radius 3 is 1.35 bits per heavy atom. The minimum atomic E-state index is -0.125. The lowest BCUT2D eigenvalue weighted by Crippen LogP contribution is -2.15. The molecule has 4 rings (SSSR count). The molecule has 0 aliphatic heterocycles. The molecule has 0 N–H and O–H groups in total. The molecule has 0 radical (unpaired) electrons. The highest BCUT2D eigenvalue weighted by Gasteiger charge is 2.27. The van der Waals surface area contributed by atoms with Gasteiger partial charge in [0.15, 0.2) is 11.6 Å². The summed E-state index contributed by atoms with van der Waals surface area (Å²) in [7, 11) is 0. The monoisotopic (exact) mass is 542 g/mol. The van der Waals surface area contributed by atoms with Crippen molar-refractivity contribution >= 4 is 33.1 Å². The molecular formula is C36H46O4. The summed E-state index contributed by atoms with van der Waals surface area (Å²) in [5.74, 6) is 2.45. The van der Waals surface area contributed by atoms with Gasteiger partial charge in [0.2, 0.25) is 0 Å². The van der Waals surface area contributed by atoms with E-state index in [1.807, 2.05) is 26.0 Å². The highest BCUT2D eigenvalue weighted by molar-refractivity contribution is 6.33. The lowest BCUT2D eigenvalue weighted by Gasteiger charge is -2.22. The van der Waals surface area contributed by atoms with Crippen LogP contribution in [-0.4, -0.2) is 24.8 Å². The Bertz CT molecular complexity index is 1310. The van der Waals surface area contributed by atoms with Crippen LogP contribution in [-0.2, 0) is 0 Å². The van der Waals surface area contributed by atoms with Crippen molar-refractivity contribution in [3.05, 3.63) is 58.7 Å². The number of unbranched alkanes of at least 4 members (excludes halogenated alkanes) is 2. The maximum Gasteiger partial charge on any atom is 0.187 e. The van der Waals surface area contributed by atoms with E-state index >= 15 is 0 Å². The maximum atomic E-state index is 13.2. The van der Waals surface area contributed by atoms with Gasteiger partial charge in [0, 0.05) is 11.1 Å². The molecule has 40 heavy (non-hydrogen) atoms. The van der Waals surface area contributed by atoms with Crippen molar-refractivity contribution in [1.82, 2.24) is 0 Å². The summed E-state index contributed by atoms with van der Waals surface area (Å²) in [6, 6.07) is 8.20. The average molecular weight is 543 g/mol. The van der Waals surface area contributed by atoms with Gasteiger partial charge in [0.1, 0.15) is 11.5 Å². The second kappa shape index (κ2) is 13.5. The van der Waals surface area contributed by atoms with E-state index < -0.39 is 0 Å². The third kappa shape index (κ3) is 6.27. The first-order chi connectivity index (χ1) is 19.3. The Balaban J connectivity index is 1.84. The lowest BCUT2D eigenvalue weighted by atomic mass is 9.84. The van der Waals surface area contributed by atoms with E-state index in [1.165, 1.54) is 37.8 Å². The molecule has 4 heteroatoms. The van der Waals surface area contributed by atoms with Gasteiger partial charge in [-0.15, -0.1) is 0 Å². The summed E-state index contributed by atoms with van der Waals surface area (Å²) in [6.07, 6.45) is 12.1. The summed E-state index contributed by atoms with van der Waals surface area (Å²) >= 11 is 0. The first-order valence-electron chi connectivity index (χ1n) is 15.4. The van der Waals surface area contributed by atoms with E-state index in [-0.39, 0.29) is 11.6 Å². The third-order valence-electron chi connectivity index (χ3n) is 8.62. The molecule has 3 aromatic rings. The Hall–Kier alpha value is -3.14. The number of carbonyl (C=O) groups excluding carboxylic acids is 2. The van der Waals surface area contributed by atoms with Gasteiger partial charge >= 0.3 is 0 Å². The van der Waals surface area contributed by atoms with Gasteiger partial charge in [-0.3, -0.25) is 9.59 Å². The number of hydrogen-bond donors (Lipinski definition) is 0. The Morgan fingerprint density at radius 2 is 1.00 bits per heavy atom. The molecular weight excluding hydrogens is 496 g/mol. The Labute approximate surface area is 240 Å². The van der Waals surface area contributed by atoms with Crippen LogP contribution in [0.3, 0.4) is 0 Å². The topological polar surface area (TPSA) is 52.6 Å². The molecule has 0 saturated carbocycles. The number of ketones is 2. The van der Waals surface area contributed by atoms with E-state index in [4.69, 9.17) is 9.47 Å². The third-order valence-corrected chi connectivity index (χ3v) is 8.62. The summed E-state index contributed by atoms with van der Waals surface area (Å²) in [5, 5.41) is 3.46. The number of allylic oxidation sites excluding steroid dienone is 2. The fourth-order valence-corrected chi connectivity index (χ4v) is 5.86. The van der Waals surface area contributed by atoms with Gasteiger partial charge in [0.25, 0.3) is 0 Å². The molecule has 4 nitrogen and oxygen atoms in total. The SMILES string of the molecule is CCCCC(CC)COc1cc2c(cc1C)c1c(c3cc(C)c(OCC(CC)CCCC)cc32)C(=O)C=CC1=O. The summed E-state index contributed by atoms with van der Waals surface area (Å²) in [5.41, 5.74) is 2.94. The summed E-state index contributed by atoms with van der Waals surface area (Å²) < 4.78 is 12.8. The van der Waals surface area contributed by atoms with Crippen molar-refractivity contribution < 1.29 is 19.1 Å². The number of fused-ring (bicyclic) bond motifs is 6. The van der Waals surface area contributed by atoms with Crippen LogP contribution in [0.25, 0.3) is 21.5 Å². The predicted molar refractivity (Wildman–Crippen MR) is 166 cm³/mol. The predicted octanol–water partition coefficient (Wildman–Crippen LogP) is 9.74. The maximum absolute atomic E-state index is 13.2. The van der Waals surface area contributed by atoms with E-state index in [2.05, 4.69) is 39.8 Å². The quantitative estimate of drug-likeness (QED) is 0.190. The van der Waals surface area contributed by atoms with Crippen molar-refractivity contribution in [2.45, 2.75) is 92.9 Å². The first kappa shape index (κ1) is 29.8. The Kier molecular flexibility index (Phi) is 10.1. The molecule has 1 aliphatic carbocycles. The molecule has 0 heterocycles. The van der Waals surface area contributed by atoms with Crippen LogP contribution in [0.15, 0.2) is 36.4 Å². The second-order valence-corrected chi connectivity index (χ2v) is 11.6. The first-order valence-corrected chi connectivity index (χ1v) is 15.4. The molecule has 0 spiro atoms. The fourth-order valence-electron chi connectivity index (χ4n) is 5.86. The van der Waals surface area contributed by atoms with Crippen molar-refractivity contribution in [3.8, 4) is 11.5 Å². The standard InChI is InChI=1S/C36H46O4/c1-7-11-13-25(9-3)21-39-33-19-27-28-20-34(40-22-26(10-4)14-12-8-2)24(6)18-30(28)36-32(38)16-15-31(37)35(36)29(27)17-23(33)5/h15-20,25-26H,7-14,21-22H2,1-6H3. The van der Waals surface area contributed by atoms with Gasteiger partial charge in [-0.05, 0) is 108 Å². The van der Waals surface area contributed by atoms with Gasteiger partial charge in [-0.25, -0.2) is 0 Å². The molecule has 214 valence electrons. The smallest absolute Gasteiger partial charge is 0.187 e. The number of aryl methyl sites for hydroxylation is 2.